The first-order valence-electron chi connectivity index (χ1n) is 21.3. The van der Waals surface area contributed by atoms with Gasteiger partial charge < -0.3 is 0 Å². The van der Waals surface area contributed by atoms with Gasteiger partial charge in [-0.15, -0.1) is 0 Å². The number of fused-ring (bicyclic) bond motifs is 10. The van der Waals surface area contributed by atoms with E-state index in [1.807, 2.05) is 6.07 Å². The molecule has 0 unspecified atom stereocenters. The van der Waals surface area contributed by atoms with Gasteiger partial charge in [0.25, 0.3) is 0 Å². The second-order valence-electron chi connectivity index (χ2n) is 16.3. The fourth-order valence-corrected chi connectivity index (χ4v) is 9.44. The highest BCUT2D eigenvalue weighted by Gasteiger charge is 2.21. The summed E-state index contributed by atoms with van der Waals surface area (Å²) < 4.78 is 2.31. The largest absolute Gasteiger partial charge is 0.292 e. The van der Waals surface area contributed by atoms with E-state index in [-0.39, 0.29) is 0 Å². The van der Waals surface area contributed by atoms with Crippen molar-refractivity contribution in [2.24, 2.45) is 0 Å². The minimum atomic E-state index is 0.593. The van der Waals surface area contributed by atoms with Crippen LogP contribution in [0, 0.1) is 0 Å². The van der Waals surface area contributed by atoms with Crippen molar-refractivity contribution in [2.75, 3.05) is 0 Å². The van der Waals surface area contributed by atoms with Gasteiger partial charge >= 0.3 is 0 Å². The van der Waals surface area contributed by atoms with E-state index in [0.29, 0.717) is 17.5 Å². The third-order valence-corrected chi connectivity index (χ3v) is 12.5. The maximum absolute atomic E-state index is 5.46. The lowest BCUT2D eigenvalue weighted by Gasteiger charge is -2.14. The minimum Gasteiger partial charge on any atom is -0.292 e. The Hall–Kier alpha value is -8.54. The van der Waals surface area contributed by atoms with Gasteiger partial charge in [0, 0.05) is 38.7 Å². The standard InChI is InChI=1S/C58H35N5/c1-2-13-36(14-3-1)58-59-53-51-23-10-8-21-49(51)50-22-9-11-24-52(50)54(53)63(58)48-20-12-19-43(35-48)55-60-56(44-27-25-41-29-37-15-4-6-17-39(37)31-46(41)33-44)62-57(61-55)45-28-26-42-30-38-16-5-7-18-40(38)32-47(42)34-45/h1-35H. The molecular formula is C58H35N5. The Balaban J connectivity index is 1.04. The van der Waals surface area contributed by atoms with Crippen LogP contribution in [0.25, 0.3) is 127 Å². The van der Waals surface area contributed by atoms with E-state index in [4.69, 9.17) is 19.9 Å². The van der Waals surface area contributed by atoms with Crippen LogP contribution in [0.15, 0.2) is 212 Å². The monoisotopic (exact) mass is 801 g/mol. The second-order valence-corrected chi connectivity index (χ2v) is 16.3. The van der Waals surface area contributed by atoms with Gasteiger partial charge in [0.1, 0.15) is 5.82 Å². The van der Waals surface area contributed by atoms with Crippen molar-refractivity contribution in [3.63, 3.8) is 0 Å². The van der Waals surface area contributed by atoms with Crippen molar-refractivity contribution in [1.82, 2.24) is 24.5 Å². The van der Waals surface area contributed by atoms with E-state index in [9.17, 15) is 0 Å². The lowest BCUT2D eigenvalue weighted by molar-refractivity contribution is 1.07. The highest BCUT2D eigenvalue weighted by Crippen LogP contribution is 2.40. The number of hydrogen-bond donors (Lipinski definition) is 0. The molecule has 0 N–H and O–H groups in total. The van der Waals surface area contributed by atoms with Crippen molar-refractivity contribution >= 4 is 75.7 Å². The molecule has 292 valence electrons. The van der Waals surface area contributed by atoms with Crippen LogP contribution in [0.1, 0.15) is 0 Å². The van der Waals surface area contributed by atoms with Gasteiger partial charge in [-0.1, -0.05) is 164 Å². The summed E-state index contributed by atoms with van der Waals surface area (Å²) in [5.74, 6) is 2.69. The summed E-state index contributed by atoms with van der Waals surface area (Å²) >= 11 is 0. The average molecular weight is 802 g/mol. The molecule has 0 aliphatic heterocycles. The Kier molecular flexibility index (Phi) is 7.84. The molecule has 5 nitrogen and oxygen atoms in total. The Morgan fingerprint density at radius 2 is 0.698 bits per heavy atom. The number of nitrogens with zero attached hydrogens (tertiary/aromatic N) is 5. The molecule has 2 heterocycles. The minimum absolute atomic E-state index is 0.593. The molecule has 0 saturated heterocycles. The zero-order chi connectivity index (χ0) is 41.4. The molecular weight excluding hydrogens is 767 g/mol. The molecule has 13 rings (SSSR count). The Labute approximate surface area is 362 Å². The lowest BCUT2D eigenvalue weighted by Crippen LogP contribution is -2.02. The van der Waals surface area contributed by atoms with E-state index in [0.717, 1.165) is 66.3 Å². The molecule has 0 aliphatic carbocycles. The van der Waals surface area contributed by atoms with Crippen molar-refractivity contribution in [3.8, 4) is 51.2 Å². The Morgan fingerprint density at radius 1 is 0.270 bits per heavy atom. The van der Waals surface area contributed by atoms with E-state index >= 15 is 0 Å². The van der Waals surface area contributed by atoms with Crippen molar-refractivity contribution in [2.45, 2.75) is 0 Å². The number of imidazole rings is 1. The number of aromatic nitrogens is 5. The van der Waals surface area contributed by atoms with Crippen LogP contribution in [0.2, 0.25) is 0 Å². The number of benzene rings is 11. The summed E-state index contributed by atoms with van der Waals surface area (Å²) in [6.07, 6.45) is 0. The summed E-state index contributed by atoms with van der Waals surface area (Å²) in [5, 5.41) is 14.1. The van der Waals surface area contributed by atoms with E-state index < -0.39 is 0 Å². The van der Waals surface area contributed by atoms with Gasteiger partial charge in [0.05, 0.1) is 11.0 Å². The molecule has 0 saturated carbocycles. The summed E-state index contributed by atoms with van der Waals surface area (Å²) in [7, 11) is 0. The number of rotatable bonds is 5. The molecule has 13 aromatic rings. The smallest absolute Gasteiger partial charge is 0.164 e. The van der Waals surface area contributed by atoms with E-state index in [2.05, 4.69) is 211 Å². The fraction of sp³-hybridized carbons (Fsp3) is 0. The maximum Gasteiger partial charge on any atom is 0.164 e. The molecule has 0 spiro atoms. The zero-order valence-electron chi connectivity index (χ0n) is 33.9. The summed E-state index contributed by atoms with van der Waals surface area (Å²) in [6, 6.07) is 75.2. The molecule has 0 atom stereocenters. The Morgan fingerprint density at radius 3 is 1.27 bits per heavy atom. The van der Waals surface area contributed by atoms with Gasteiger partial charge in [-0.3, -0.25) is 4.57 Å². The normalized spacial score (nSPS) is 11.8. The summed E-state index contributed by atoms with van der Waals surface area (Å²) in [4.78, 5) is 21.2. The van der Waals surface area contributed by atoms with Crippen LogP contribution < -0.4 is 0 Å². The highest BCUT2D eigenvalue weighted by atomic mass is 15.1. The average Bonchev–Trinajstić information content (AvgIpc) is 3.76. The van der Waals surface area contributed by atoms with E-state index in [1.165, 1.54) is 43.1 Å². The van der Waals surface area contributed by atoms with Gasteiger partial charge in [0.2, 0.25) is 0 Å². The molecule has 11 aromatic carbocycles. The second kappa shape index (κ2) is 14.0. The number of hydrogen-bond acceptors (Lipinski definition) is 4. The van der Waals surface area contributed by atoms with Crippen LogP contribution in [0.3, 0.4) is 0 Å². The van der Waals surface area contributed by atoms with Crippen LogP contribution in [0.4, 0.5) is 0 Å². The van der Waals surface area contributed by atoms with Gasteiger partial charge in [-0.25, -0.2) is 19.9 Å². The summed E-state index contributed by atoms with van der Waals surface area (Å²) in [5.41, 5.74) is 6.75. The molecule has 0 radical (unpaired) electrons. The molecule has 63 heavy (non-hydrogen) atoms. The summed E-state index contributed by atoms with van der Waals surface area (Å²) in [6.45, 7) is 0. The first kappa shape index (κ1) is 35.2. The van der Waals surface area contributed by atoms with Gasteiger partial charge in [-0.2, -0.15) is 0 Å². The van der Waals surface area contributed by atoms with Crippen LogP contribution >= 0.6 is 0 Å². The molecule has 0 amide bonds. The van der Waals surface area contributed by atoms with E-state index in [1.54, 1.807) is 0 Å². The first-order valence-corrected chi connectivity index (χ1v) is 21.3. The zero-order valence-corrected chi connectivity index (χ0v) is 33.9. The van der Waals surface area contributed by atoms with Crippen molar-refractivity contribution in [1.29, 1.82) is 0 Å². The predicted molar refractivity (Wildman–Crippen MR) is 261 cm³/mol. The quantitative estimate of drug-likeness (QED) is 0.128. The third-order valence-electron chi connectivity index (χ3n) is 12.5. The maximum atomic E-state index is 5.46. The third kappa shape index (κ3) is 5.86. The van der Waals surface area contributed by atoms with Gasteiger partial charge in [-0.05, 0) is 102 Å². The molecule has 2 aromatic heterocycles. The predicted octanol–water partition coefficient (Wildman–Crippen LogP) is 14.8. The lowest BCUT2D eigenvalue weighted by atomic mass is 10.00. The molecule has 5 heteroatoms. The highest BCUT2D eigenvalue weighted by molar-refractivity contribution is 6.24. The molecule has 0 bridgehead atoms. The fourth-order valence-electron chi connectivity index (χ4n) is 9.44. The van der Waals surface area contributed by atoms with Crippen LogP contribution in [-0.2, 0) is 0 Å². The molecule has 0 fully saturated rings. The topological polar surface area (TPSA) is 56.5 Å². The van der Waals surface area contributed by atoms with Crippen molar-refractivity contribution in [3.05, 3.63) is 212 Å². The first-order chi connectivity index (χ1) is 31.2. The van der Waals surface area contributed by atoms with Gasteiger partial charge in [0.15, 0.2) is 17.5 Å². The molecule has 0 aliphatic rings. The van der Waals surface area contributed by atoms with Crippen molar-refractivity contribution < 1.29 is 0 Å². The van der Waals surface area contributed by atoms with Crippen LogP contribution in [-0.4, -0.2) is 24.5 Å². The van der Waals surface area contributed by atoms with Crippen LogP contribution in [0.5, 0.6) is 0 Å². The SMILES string of the molecule is c1ccc(-c2nc3c4ccccc4c4ccccc4c3n2-c2cccc(-c3nc(-c4ccc5cc6ccccc6cc5c4)nc(-c4ccc5cc6ccccc6cc5c4)n3)c2)cc1. The Bertz CT molecular complexity index is 3840.